The molecule has 0 spiro atoms. The Hall–Kier alpha value is -7.74. The molecule has 2 atom stereocenters. The Balaban J connectivity index is 1.25. The van der Waals surface area contributed by atoms with Crippen molar-refractivity contribution in [2.45, 2.75) is 11.8 Å². The zero-order chi connectivity index (χ0) is 42.5. The van der Waals surface area contributed by atoms with Gasteiger partial charge in [-0.2, -0.15) is 0 Å². The molecule has 0 fully saturated rings. The first kappa shape index (κ1) is 39.7. The molecule has 62 heavy (non-hydrogen) atoms. The third-order valence-corrected chi connectivity index (χ3v) is 12.3. The third-order valence-electron chi connectivity index (χ3n) is 12.3. The molecule has 0 heterocycles. The molecular weight excluding hydrogens is 747 g/mol. The second-order valence-corrected chi connectivity index (χ2v) is 16.0. The van der Waals surface area contributed by atoms with Crippen molar-refractivity contribution < 1.29 is 0 Å². The van der Waals surface area contributed by atoms with Crippen LogP contribution in [0.15, 0.2) is 274 Å². The van der Waals surface area contributed by atoms with Crippen molar-refractivity contribution in [2.75, 3.05) is 4.90 Å². The second kappa shape index (κ2) is 17.5. The van der Waals surface area contributed by atoms with Crippen molar-refractivity contribution in [2.24, 2.45) is 5.92 Å². The lowest BCUT2D eigenvalue weighted by Crippen LogP contribution is -2.35. The van der Waals surface area contributed by atoms with Gasteiger partial charge >= 0.3 is 0 Å². The first-order chi connectivity index (χ1) is 30.5. The van der Waals surface area contributed by atoms with Crippen molar-refractivity contribution >= 4 is 11.4 Å². The van der Waals surface area contributed by atoms with Crippen LogP contribution >= 0.6 is 0 Å². The minimum absolute atomic E-state index is 0.206. The molecule has 0 saturated heterocycles. The van der Waals surface area contributed by atoms with Crippen LogP contribution in [0.5, 0.6) is 0 Å². The molecule has 7 aromatic carbocycles. The molecule has 9 rings (SSSR count). The largest absolute Gasteiger partial charge is 0.311 e. The number of rotatable bonds is 13. The fourth-order valence-corrected chi connectivity index (χ4v) is 9.39. The monoisotopic (exact) mass is 795 g/mol. The van der Waals surface area contributed by atoms with Crippen LogP contribution < -0.4 is 4.90 Å². The van der Waals surface area contributed by atoms with Crippen LogP contribution in [0.1, 0.15) is 23.1 Å². The van der Waals surface area contributed by atoms with Gasteiger partial charge in [0, 0.05) is 17.1 Å². The van der Waals surface area contributed by atoms with E-state index >= 15 is 0 Å². The highest BCUT2D eigenvalue weighted by molar-refractivity contribution is 5.91. The molecule has 0 radical (unpaired) electrons. The van der Waals surface area contributed by atoms with E-state index in [1.54, 1.807) is 6.08 Å². The summed E-state index contributed by atoms with van der Waals surface area (Å²) in [6, 6.07) is 64.0. The predicted molar refractivity (Wildman–Crippen MR) is 265 cm³/mol. The van der Waals surface area contributed by atoms with Crippen LogP contribution in [-0.4, -0.2) is 0 Å². The molecule has 0 aliphatic heterocycles. The van der Waals surface area contributed by atoms with Crippen molar-refractivity contribution in [3.8, 4) is 44.5 Å². The maximum atomic E-state index is 4.76. The van der Waals surface area contributed by atoms with Gasteiger partial charge in [-0.25, -0.2) is 0 Å². The van der Waals surface area contributed by atoms with E-state index in [9.17, 15) is 0 Å². The molecule has 298 valence electrons. The van der Waals surface area contributed by atoms with E-state index in [2.05, 4.69) is 231 Å². The smallest absolute Gasteiger partial charge is 0.0529 e. The van der Waals surface area contributed by atoms with E-state index in [0.717, 1.165) is 56.9 Å². The first-order valence-corrected chi connectivity index (χ1v) is 21.3. The van der Waals surface area contributed by atoms with Crippen molar-refractivity contribution in [1.29, 1.82) is 0 Å². The van der Waals surface area contributed by atoms with E-state index in [0.29, 0.717) is 0 Å². The molecule has 0 saturated carbocycles. The second-order valence-electron chi connectivity index (χ2n) is 16.0. The molecule has 0 bridgehead atoms. The average molecular weight is 796 g/mol. The van der Waals surface area contributed by atoms with Gasteiger partial charge in [-0.3, -0.25) is 0 Å². The van der Waals surface area contributed by atoms with Crippen LogP contribution in [0.2, 0.25) is 0 Å². The fraction of sp³-hybridized carbons (Fsp3) is 0.0492. The zero-order valence-corrected chi connectivity index (χ0v) is 35.0. The van der Waals surface area contributed by atoms with Crippen LogP contribution in [-0.2, 0) is 5.41 Å². The quantitative estimate of drug-likeness (QED) is 0.105. The average Bonchev–Trinajstić information content (AvgIpc) is 3.64. The van der Waals surface area contributed by atoms with Crippen LogP contribution in [0.4, 0.5) is 11.4 Å². The van der Waals surface area contributed by atoms with E-state index in [4.69, 9.17) is 6.58 Å². The minimum Gasteiger partial charge on any atom is -0.311 e. The summed E-state index contributed by atoms with van der Waals surface area (Å²) in [6.07, 6.45) is 19.6. The summed E-state index contributed by atoms with van der Waals surface area (Å²) in [4.78, 5) is 2.29. The summed E-state index contributed by atoms with van der Waals surface area (Å²) < 4.78 is 0. The summed E-state index contributed by atoms with van der Waals surface area (Å²) in [6.45, 7) is 17.2. The zero-order valence-electron chi connectivity index (χ0n) is 35.0. The predicted octanol–water partition coefficient (Wildman–Crippen LogP) is 16.2. The summed E-state index contributed by atoms with van der Waals surface area (Å²) >= 11 is 0. The summed E-state index contributed by atoms with van der Waals surface area (Å²) in [7, 11) is 0. The number of benzene rings is 7. The van der Waals surface area contributed by atoms with Gasteiger partial charge in [-0.1, -0.05) is 221 Å². The topological polar surface area (TPSA) is 3.24 Å². The maximum Gasteiger partial charge on any atom is 0.0529 e. The Bertz CT molecular complexity index is 2940. The van der Waals surface area contributed by atoms with Gasteiger partial charge in [0.05, 0.1) is 5.41 Å². The SMILES string of the molecule is C=C/C=C\C(=C)C(=C)/C=C\C(=C)N(c1ccc(-c2cccc(-c3ccccc3)c2)c(-c2ccccc2)c1)c1ccc2c(c1)C(c1ccccc1)(C1C=CC=CC1)c1ccccc1-2. The highest BCUT2D eigenvalue weighted by Gasteiger charge is 2.49. The molecule has 2 aliphatic carbocycles. The van der Waals surface area contributed by atoms with Crippen molar-refractivity contribution in [1.82, 2.24) is 0 Å². The Labute approximate surface area is 367 Å². The molecule has 0 amide bonds. The van der Waals surface area contributed by atoms with E-state index < -0.39 is 5.41 Å². The van der Waals surface area contributed by atoms with Gasteiger partial charge in [0.15, 0.2) is 0 Å². The number of fused-ring (bicyclic) bond motifs is 3. The molecular formula is C61H49N. The number of nitrogens with zero attached hydrogens (tertiary/aromatic N) is 1. The van der Waals surface area contributed by atoms with Crippen molar-refractivity contribution in [3.05, 3.63) is 290 Å². The molecule has 2 aliphatic rings. The summed E-state index contributed by atoms with van der Waals surface area (Å²) in [5.74, 6) is 0.206. The van der Waals surface area contributed by atoms with Crippen LogP contribution in [0.3, 0.4) is 0 Å². The van der Waals surface area contributed by atoms with Gasteiger partial charge in [0.1, 0.15) is 0 Å². The third kappa shape index (κ3) is 7.40. The summed E-state index contributed by atoms with van der Waals surface area (Å²) in [5.41, 5.74) is 17.4. The Morgan fingerprint density at radius 1 is 0.500 bits per heavy atom. The van der Waals surface area contributed by atoms with Gasteiger partial charge in [-0.15, -0.1) is 0 Å². The normalized spacial score (nSPS) is 16.2. The fourth-order valence-electron chi connectivity index (χ4n) is 9.39. The highest BCUT2D eigenvalue weighted by Crippen LogP contribution is 2.59. The summed E-state index contributed by atoms with van der Waals surface area (Å²) in [5, 5.41) is 0. The van der Waals surface area contributed by atoms with E-state index in [1.165, 1.54) is 38.9 Å². The van der Waals surface area contributed by atoms with Crippen LogP contribution in [0.25, 0.3) is 44.5 Å². The number of hydrogen-bond donors (Lipinski definition) is 0. The van der Waals surface area contributed by atoms with Gasteiger partial charge in [0.25, 0.3) is 0 Å². The number of allylic oxidation sites excluding steroid dienone is 11. The lowest BCUT2D eigenvalue weighted by Gasteiger charge is -2.40. The van der Waals surface area contributed by atoms with E-state index in [1.807, 2.05) is 18.2 Å². The van der Waals surface area contributed by atoms with Crippen molar-refractivity contribution in [3.63, 3.8) is 0 Å². The Kier molecular flexibility index (Phi) is 11.2. The molecule has 1 nitrogen and oxygen atoms in total. The number of anilines is 2. The standard InChI is InChI=1S/C61H49N/c1-5-6-22-44(2)45(3)35-36-46(4)62(53-37-39-55(58(42-53)48-25-13-8-14-26-48)50-28-21-27-49(41-50)47-23-11-7-12-24-47)54-38-40-57-56-33-19-20-34-59(56)61(60(57)43-54,51-29-15-9-16-30-51)52-31-17-10-18-32-52/h5-31,33-43,52H,1-4,32H2/b22-6-,36-35-. The molecule has 0 aromatic heterocycles. The highest BCUT2D eigenvalue weighted by atomic mass is 15.1. The lowest BCUT2D eigenvalue weighted by atomic mass is 9.62. The Morgan fingerprint density at radius 3 is 1.84 bits per heavy atom. The molecule has 2 unspecified atom stereocenters. The lowest BCUT2D eigenvalue weighted by molar-refractivity contribution is 0.457. The van der Waals surface area contributed by atoms with Gasteiger partial charge < -0.3 is 4.90 Å². The molecule has 0 N–H and O–H groups in total. The maximum absolute atomic E-state index is 4.76. The number of hydrogen-bond acceptors (Lipinski definition) is 1. The van der Waals surface area contributed by atoms with Gasteiger partial charge in [0.2, 0.25) is 0 Å². The van der Waals surface area contributed by atoms with E-state index in [-0.39, 0.29) is 5.92 Å². The molecule has 7 aromatic rings. The molecule has 1 heteroatoms. The van der Waals surface area contributed by atoms with Gasteiger partial charge in [-0.05, 0) is 121 Å². The first-order valence-electron chi connectivity index (χ1n) is 21.3. The minimum atomic E-state index is -0.417. The Morgan fingerprint density at radius 2 is 1.11 bits per heavy atom. The van der Waals surface area contributed by atoms with Crippen LogP contribution in [0, 0.1) is 5.92 Å².